The number of halogens is 2. The average molecular weight is 532 g/mol. The van der Waals surface area contributed by atoms with E-state index in [1.54, 1.807) is 38.4 Å². The molecule has 4 rings (SSSR count). The molecule has 9 nitrogen and oxygen atoms in total. The first kappa shape index (κ1) is 26.8. The van der Waals surface area contributed by atoms with Crippen molar-refractivity contribution in [3.8, 4) is 11.5 Å². The fraction of sp³-hybridized carbons (Fsp3) is 0.423. The maximum Gasteiger partial charge on any atom is 0.321 e. The zero-order valence-corrected chi connectivity index (χ0v) is 21.5. The van der Waals surface area contributed by atoms with Crippen molar-refractivity contribution in [3.63, 3.8) is 0 Å². The quantitative estimate of drug-likeness (QED) is 0.348. The van der Waals surface area contributed by atoms with Gasteiger partial charge in [-0.3, -0.25) is 9.69 Å². The lowest BCUT2D eigenvalue weighted by molar-refractivity contribution is -0.145. The zero-order chi connectivity index (χ0) is 26.5. The monoisotopic (exact) mass is 531 g/mol. The van der Waals surface area contributed by atoms with Gasteiger partial charge >= 0.3 is 5.97 Å². The number of ether oxygens (including phenoxy) is 2. The van der Waals surface area contributed by atoms with Gasteiger partial charge in [-0.15, -0.1) is 0 Å². The van der Waals surface area contributed by atoms with Gasteiger partial charge in [-0.05, 0) is 56.8 Å². The van der Waals surface area contributed by atoms with Gasteiger partial charge < -0.3 is 25.6 Å². The molecule has 1 fully saturated rings. The van der Waals surface area contributed by atoms with E-state index in [0.29, 0.717) is 54.2 Å². The van der Waals surface area contributed by atoms with Gasteiger partial charge in [0.2, 0.25) is 0 Å². The normalized spacial score (nSPS) is 18.5. The van der Waals surface area contributed by atoms with Crippen LogP contribution in [0.5, 0.6) is 11.5 Å². The van der Waals surface area contributed by atoms with Crippen LogP contribution in [-0.4, -0.2) is 65.3 Å². The summed E-state index contributed by atoms with van der Waals surface area (Å²) in [6.45, 7) is 0.935. The molecule has 1 saturated carbocycles. The molecular formula is C26H31ClFN5O4. The number of likely N-dealkylation sites (N-methyl/N-ethyl adjacent to an activating group) is 1. The summed E-state index contributed by atoms with van der Waals surface area (Å²) in [5.41, 5.74) is 6.42. The Hall–Kier alpha value is -3.21. The van der Waals surface area contributed by atoms with Gasteiger partial charge in [-0.25, -0.2) is 14.4 Å². The number of nitrogens with two attached hydrogens (primary N) is 1. The Balaban J connectivity index is 1.54. The third kappa shape index (κ3) is 6.03. The number of anilines is 2. The van der Waals surface area contributed by atoms with Crippen LogP contribution in [0.1, 0.15) is 25.7 Å². The first-order valence-corrected chi connectivity index (χ1v) is 12.5. The number of rotatable bonds is 10. The second-order valence-corrected chi connectivity index (χ2v) is 9.58. The third-order valence-corrected chi connectivity index (χ3v) is 7.09. The number of carboxylic acid groups (broad SMARTS) is 1. The standard InChI is InChI=1S/C26H31ClFN5O4/c1-33(11-10-29)24(26(34)35)15-6-8-16(9-7-15)37-22-12-17-20(13-21(22)36-2)30-14-31-25(17)32-19-5-3-4-18(27)23(19)28/h3-5,12-16,24H,6-11,29H2,1-2H3,(H,34,35)(H,30,31,32)/t15?,16?,24-/m0/s1. The first-order valence-electron chi connectivity index (χ1n) is 12.2. The number of nitrogens with one attached hydrogen (secondary N) is 1. The lowest BCUT2D eigenvalue weighted by Gasteiger charge is -2.36. The summed E-state index contributed by atoms with van der Waals surface area (Å²) in [4.78, 5) is 22.4. The Bertz CT molecular complexity index is 1260. The van der Waals surface area contributed by atoms with Crippen LogP contribution >= 0.6 is 11.6 Å². The molecular weight excluding hydrogens is 501 g/mol. The highest BCUT2D eigenvalue weighted by Crippen LogP contribution is 2.38. The largest absolute Gasteiger partial charge is 0.493 e. The second kappa shape index (κ2) is 11.9. The van der Waals surface area contributed by atoms with Crippen LogP contribution in [0, 0.1) is 11.7 Å². The number of aliphatic carboxylic acids is 1. The van der Waals surface area contributed by atoms with Gasteiger partial charge in [0.05, 0.1) is 29.4 Å². The molecule has 1 aliphatic carbocycles. The molecule has 0 bridgehead atoms. The number of nitrogens with zero attached hydrogens (tertiary/aromatic N) is 3. The Kier molecular flexibility index (Phi) is 8.63. The predicted octanol–water partition coefficient (Wildman–Crippen LogP) is 4.46. The summed E-state index contributed by atoms with van der Waals surface area (Å²) in [5.74, 6) is 0.0400. The minimum absolute atomic E-state index is 0.00372. The molecule has 0 radical (unpaired) electrons. The molecule has 3 aromatic rings. The molecule has 4 N–H and O–H groups in total. The van der Waals surface area contributed by atoms with E-state index in [1.807, 2.05) is 4.90 Å². The molecule has 0 amide bonds. The van der Waals surface area contributed by atoms with Crippen LogP contribution in [0.25, 0.3) is 10.9 Å². The fourth-order valence-corrected chi connectivity index (χ4v) is 5.11. The van der Waals surface area contributed by atoms with Crippen molar-refractivity contribution in [2.24, 2.45) is 11.7 Å². The van der Waals surface area contributed by atoms with Gasteiger partial charge in [0.25, 0.3) is 0 Å². The number of carbonyl (C=O) groups is 1. The number of aromatic nitrogens is 2. The number of benzene rings is 2. The van der Waals surface area contributed by atoms with E-state index in [1.165, 1.54) is 12.4 Å². The van der Waals surface area contributed by atoms with Gasteiger partial charge in [-0.1, -0.05) is 17.7 Å². The molecule has 11 heteroatoms. The molecule has 1 aliphatic rings. The van der Waals surface area contributed by atoms with Gasteiger partial charge in [-0.2, -0.15) is 0 Å². The van der Waals surface area contributed by atoms with Gasteiger partial charge in [0, 0.05) is 24.5 Å². The minimum Gasteiger partial charge on any atom is -0.493 e. The number of hydrogen-bond donors (Lipinski definition) is 3. The molecule has 37 heavy (non-hydrogen) atoms. The van der Waals surface area contributed by atoms with Crippen molar-refractivity contribution in [3.05, 3.63) is 47.5 Å². The number of fused-ring (bicyclic) bond motifs is 1. The lowest BCUT2D eigenvalue weighted by atomic mass is 9.82. The molecule has 198 valence electrons. The van der Waals surface area contributed by atoms with Crippen LogP contribution in [0.4, 0.5) is 15.9 Å². The van der Waals surface area contributed by atoms with Gasteiger partial charge in [0.1, 0.15) is 18.2 Å². The van der Waals surface area contributed by atoms with Crippen molar-refractivity contribution in [2.75, 3.05) is 32.6 Å². The van der Waals surface area contributed by atoms with Crippen molar-refractivity contribution in [1.82, 2.24) is 14.9 Å². The van der Waals surface area contributed by atoms with Crippen LogP contribution in [0.3, 0.4) is 0 Å². The summed E-state index contributed by atoms with van der Waals surface area (Å²) >= 11 is 5.93. The molecule has 0 saturated heterocycles. The maximum atomic E-state index is 14.5. The summed E-state index contributed by atoms with van der Waals surface area (Å²) in [6.07, 6.45) is 4.12. The third-order valence-electron chi connectivity index (χ3n) is 6.79. The number of carboxylic acids is 1. The van der Waals surface area contributed by atoms with E-state index >= 15 is 0 Å². The molecule has 0 unspecified atom stereocenters. The predicted molar refractivity (Wildman–Crippen MR) is 140 cm³/mol. The number of hydrogen-bond acceptors (Lipinski definition) is 8. The highest BCUT2D eigenvalue weighted by atomic mass is 35.5. The summed E-state index contributed by atoms with van der Waals surface area (Å²) < 4.78 is 26.4. The van der Waals surface area contributed by atoms with Crippen LogP contribution in [0.15, 0.2) is 36.7 Å². The van der Waals surface area contributed by atoms with Crippen LogP contribution < -0.4 is 20.5 Å². The number of methoxy groups -OCH3 is 1. The average Bonchev–Trinajstić information content (AvgIpc) is 2.88. The van der Waals surface area contributed by atoms with Crippen LogP contribution in [-0.2, 0) is 4.79 Å². The SMILES string of the molecule is COc1cc2ncnc(Nc3cccc(Cl)c3F)c2cc1OC1CCC([C@@H](C(=O)O)N(C)CCN)CC1. The molecule has 1 heterocycles. The summed E-state index contributed by atoms with van der Waals surface area (Å²) in [5, 5.41) is 13.4. The topological polar surface area (TPSA) is 123 Å². The Morgan fingerprint density at radius 3 is 2.70 bits per heavy atom. The van der Waals surface area contributed by atoms with E-state index in [9.17, 15) is 14.3 Å². The van der Waals surface area contributed by atoms with E-state index in [4.69, 9.17) is 26.8 Å². The van der Waals surface area contributed by atoms with Crippen molar-refractivity contribution >= 4 is 40.0 Å². The van der Waals surface area contributed by atoms with Crippen LogP contribution in [0.2, 0.25) is 5.02 Å². The maximum absolute atomic E-state index is 14.5. The van der Waals surface area contributed by atoms with E-state index in [2.05, 4.69) is 15.3 Å². The zero-order valence-electron chi connectivity index (χ0n) is 20.8. The Labute approximate surface area is 219 Å². The van der Waals surface area contributed by atoms with E-state index < -0.39 is 17.8 Å². The fourth-order valence-electron chi connectivity index (χ4n) is 4.94. The highest BCUT2D eigenvalue weighted by molar-refractivity contribution is 6.31. The Morgan fingerprint density at radius 2 is 2.03 bits per heavy atom. The molecule has 2 aromatic carbocycles. The summed E-state index contributed by atoms with van der Waals surface area (Å²) in [6, 6.07) is 7.65. The second-order valence-electron chi connectivity index (χ2n) is 9.18. The van der Waals surface area contributed by atoms with E-state index in [-0.39, 0.29) is 22.7 Å². The van der Waals surface area contributed by atoms with Crippen molar-refractivity contribution in [1.29, 1.82) is 0 Å². The molecule has 0 aliphatic heterocycles. The van der Waals surface area contributed by atoms with Gasteiger partial charge in [0.15, 0.2) is 17.3 Å². The molecule has 0 spiro atoms. The van der Waals surface area contributed by atoms with Crippen molar-refractivity contribution in [2.45, 2.75) is 37.8 Å². The lowest BCUT2D eigenvalue weighted by Crippen LogP contribution is -2.47. The Morgan fingerprint density at radius 1 is 1.27 bits per heavy atom. The smallest absolute Gasteiger partial charge is 0.321 e. The highest BCUT2D eigenvalue weighted by Gasteiger charge is 2.35. The molecule has 1 atom stereocenters. The van der Waals surface area contributed by atoms with E-state index in [0.717, 1.165) is 12.8 Å². The molecule has 1 aromatic heterocycles. The summed E-state index contributed by atoms with van der Waals surface area (Å²) in [7, 11) is 3.36. The van der Waals surface area contributed by atoms with Crippen molar-refractivity contribution < 1.29 is 23.8 Å². The minimum atomic E-state index is -0.826. The first-order chi connectivity index (χ1) is 17.8.